The summed E-state index contributed by atoms with van der Waals surface area (Å²) in [6.07, 6.45) is 8.13. The van der Waals surface area contributed by atoms with E-state index in [1.807, 2.05) is 13.1 Å². The molecule has 0 spiro atoms. The van der Waals surface area contributed by atoms with Crippen LogP contribution >= 0.6 is 15.9 Å². The molecule has 88 valence electrons. The largest absolute Gasteiger partial charge is 0.496 e. The van der Waals surface area contributed by atoms with Crippen LogP contribution in [0, 0.1) is 13.8 Å². The second kappa shape index (κ2) is 6.69. The van der Waals surface area contributed by atoms with Crippen LogP contribution in [0.15, 0.2) is 18.3 Å². The third-order valence-corrected chi connectivity index (χ3v) is 2.96. The minimum atomic E-state index is 0.871. The van der Waals surface area contributed by atoms with Gasteiger partial charge in [0.15, 0.2) is 0 Å². The number of methoxy groups -OCH3 is 1. The number of pyridine rings is 1. The van der Waals surface area contributed by atoms with Crippen LogP contribution in [-0.4, -0.2) is 17.4 Å². The Balaban J connectivity index is 2.81. The van der Waals surface area contributed by atoms with Gasteiger partial charge in [-0.2, -0.15) is 0 Å². The first-order chi connectivity index (χ1) is 7.70. The van der Waals surface area contributed by atoms with Crippen molar-refractivity contribution in [1.29, 1.82) is 0 Å². The summed E-state index contributed by atoms with van der Waals surface area (Å²) in [6, 6.07) is 0. The monoisotopic (exact) mass is 283 g/mol. The molecule has 0 amide bonds. The van der Waals surface area contributed by atoms with E-state index in [0.29, 0.717) is 0 Å². The number of rotatable bonds is 5. The Kier molecular flexibility index (Phi) is 5.53. The molecule has 1 aromatic rings. The van der Waals surface area contributed by atoms with Crippen molar-refractivity contribution in [1.82, 2.24) is 4.98 Å². The summed E-state index contributed by atoms with van der Waals surface area (Å²) < 4.78 is 5.37. The highest BCUT2D eigenvalue weighted by molar-refractivity contribution is 9.09. The van der Waals surface area contributed by atoms with Crippen LogP contribution < -0.4 is 4.74 Å². The van der Waals surface area contributed by atoms with E-state index in [1.54, 1.807) is 7.11 Å². The number of ether oxygens (including phenoxy) is 1. The maximum Gasteiger partial charge on any atom is 0.128 e. The molecule has 0 aliphatic carbocycles. The average molecular weight is 284 g/mol. The number of hydrogen-bond acceptors (Lipinski definition) is 2. The van der Waals surface area contributed by atoms with E-state index in [1.165, 1.54) is 0 Å². The predicted molar refractivity (Wildman–Crippen MR) is 71.5 cm³/mol. The third kappa shape index (κ3) is 3.34. The lowest BCUT2D eigenvalue weighted by molar-refractivity contribution is 0.407. The lowest BCUT2D eigenvalue weighted by Crippen LogP contribution is -1.98. The fourth-order valence-corrected chi connectivity index (χ4v) is 1.92. The molecule has 0 aliphatic heterocycles. The van der Waals surface area contributed by atoms with Gasteiger partial charge >= 0.3 is 0 Å². The molecule has 0 aromatic carbocycles. The Morgan fingerprint density at radius 3 is 2.75 bits per heavy atom. The number of aryl methyl sites for hydroxylation is 1. The first kappa shape index (κ1) is 13.2. The van der Waals surface area contributed by atoms with Crippen molar-refractivity contribution in [3.63, 3.8) is 0 Å². The van der Waals surface area contributed by atoms with Gasteiger partial charge in [-0.25, -0.2) is 0 Å². The molecule has 0 fully saturated rings. The Morgan fingerprint density at radius 2 is 2.12 bits per heavy atom. The van der Waals surface area contributed by atoms with Gasteiger partial charge in [-0.05, 0) is 20.3 Å². The van der Waals surface area contributed by atoms with Crippen molar-refractivity contribution in [2.45, 2.75) is 26.7 Å². The van der Waals surface area contributed by atoms with E-state index >= 15 is 0 Å². The zero-order chi connectivity index (χ0) is 12.0. The van der Waals surface area contributed by atoms with Gasteiger partial charge in [0.2, 0.25) is 0 Å². The molecule has 3 heteroatoms. The van der Waals surface area contributed by atoms with E-state index in [-0.39, 0.29) is 0 Å². The van der Waals surface area contributed by atoms with E-state index < -0.39 is 0 Å². The zero-order valence-corrected chi connectivity index (χ0v) is 11.7. The van der Waals surface area contributed by atoms with Crippen LogP contribution in [0.3, 0.4) is 0 Å². The molecule has 1 rings (SSSR count). The molecule has 0 bridgehead atoms. The summed E-state index contributed by atoms with van der Waals surface area (Å²) in [4.78, 5) is 4.44. The lowest BCUT2D eigenvalue weighted by atomic mass is 10.1. The number of aromatic nitrogens is 1. The van der Waals surface area contributed by atoms with Crippen molar-refractivity contribution in [3.8, 4) is 5.75 Å². The third-order valence-electron chi connectivity index (χ3n) is 2.50. The van der Waals surface area contributed by atoms with Crippen LogP contribution in [0.25, 0.3) is 0 Å². The number of alkyl halides is 1. The van der Waals surface area contributed by atoms with Gasteiger partial charge in [0, 0.05) is 29.1 Å². The summed E-state index contributed by atoms with van der Waals surface area (Å²) in [7, 11) is 1.71. The summed E-state index contributed by atoms with van der Waals surface area (Å²) in [6.45, 7) is 4.08. The number of halogens is 1. The molecule has 0 radical (unpaired) electrons. The second-order valence-electron chi connectivity index (χ2n) is 3.70. The first-order valence-corrected chi connectivity index (χ1v) is 6.52. The number of allylic oxidation sites excluding steroid dienone is 2. The standard InChI is InChI=1S/C13H18BrNO/c1-10-9-15-12(7-5-4-6-8-14)11(2)13(10)16-3/h4-5,9H,6-8H2,1-3H3. The van der Waals surface area contributed by atoms with Gasteiger partial charge in [-0.1, -0.05) is 28.1 Å². The molecule has 0 N–H and O–H groups in total. The van der Waals surface area contributed by atoms with E-state index in [0.717, 1.165) is 40.7 Å². The highest BCUT2D eigenvalue weighted by Gasteiger charge is 2.07. The second-order valence-corrected chi connectivity index (χ2v) is 4.49. The van der Waals surface area contributed by atoms with Gasteiger partial charge in [0.1, 0.15) is 5.75 Å². The van der Waals surface area contributed by atoms with Crippen molar-refractivity contribution in [3.05, 3.63) is 35.2 Å². The summed E-state index contributed by atoms with van der Waals surface area (Å²) in [5.74, 6) is 0.957. The lowest BCUT2D eigenvalue weighted by Gasteiger charge is -2.10. The average Bonchev–Trinajstić information content (AvgIpc) is 2.28. The molecule has 16 heavy (non-hydrogen) atoms. The Hall–Kier alpha value is -0.830. The molecule has 1 heterocycles. The van der Waals surface area contributed by atoms with Gasteiger partial charge in [-0.15, -0.1) is 0 Å². The Bertz CT molecular complexity index is 374. The van der Waals surface area contributed by atoms with Gasteiger partial charge in [0.25, 0.3) is 0 Å². The van der Waals surface area contributed by atoms with E-state index in [2.05, 4.69) is 40.0 Å². The van der Waals surface area contributed by atoms with Gasteiger partial charge in [-0.3, -0.25) is 4.98 Å². The summed E-state index contributed by atoms with van der Waals surface area (Å²) >= 11 is 3.40. The maximum absolute atomic E-state index is 5.37. The van der Waals surface area contributed by atoms with Crippen LogP contribution in [-0.2, 0) is 6.42 Å². The molecule has 1 aromatic heterocycles. The van der Waals surface area contributed by atoms with Crippen molar-refractivity contribution >= 4 is 15.9 Å². The molecular weight excluding hydrogens is 266 g/mol. The minimum absolute atomic E-state index is 0.871. The minimum Gasteiger partial charge on any atom is -0.496 e. The number of nitrogens with zero attached hydrogens (tertiary/aromatic N) is 1. The van der Waals surface area contributed by atoms with Crippen LogP contribution in [0.4, 0.5) is 0 Å². The van der Waals surface area contributed by atoms with Crippen LogP contribution in [0.1, 0.15) is 23.2 Å². The predicted octanol–water partition coefficient (Wildman–Crippen LogP) is 3.59. The van der Waals surface area contributed by atoms with Gasteiger partial charge in [0.05, 0.1) is 12.8 Å². The summed E-state index contributed by atoms with van der Waals surface area (Å²) in [5, 5.41) is 1.01. The van der Waals surface area contributed by atoms with Crippen molar-refractivity contribution < 1.29 is 4.74 Å². The first-order valence-electron chi connectivity index (χ1n) is 5.40. The zero-order valence-electron chi connectivity index (χ0n) is 10.1. The van der Waals surface area contributed by atoms with Crippen molar-refractivity contribution in [2.24, 2.45) is 0 Å². The highest BCUT2D eigenvalue weighted by atomic mass is 79.9. The number of hydrogen-bond donors (Lipinski definition) is 0. The van der Waals surface area contributed by atoms with Gasteiger partial charge < -0.3 is 4.74 Å². The van der Waals surface area contributed by atoms with Crippen molar-refractivity contribution in [2.75, 3.05) is 12.4 Å². The smallest absolute Gasteiger partial charge is 0.128 e. The van der Waals surface area contributed by atoms with E-state index in [9.17, 15) is 0 Å². The quantitative estimate of drug-likeness (QED) is 0.609. The van der Waals surface area contributed by atoms with E-state index in [4.69, 9.17) is 4.74 Å². The van der Waals surface area contributed by atoms with Crippen LogP contribution in [0.5, 0.6) is 5.75 Å². The summed E-state index contributed by atoms with van der Waals surface area (Å²) in [5.41, 5.74) is 3.33. The molecule has 0 saturated carbocycles. The molecule has 0 saturated heterocycles. The molecule has 0 aliphatic rings. The SMILES string of the molecule is COc1c(C)cnc(CC=CCCBr)c1C. The normalized spacial score (nSPS) is 11.0. The fourth-order valence-electron chi connectivity index (χ4n) is 1.65. The fraction of sp³-hybridized carbons (Fsp3) is 0.462. The molecule has 2 nitrogen and oxygen atoms in total. The maximum atomic E-state index is 5.37. The Morgan fingerprint density at radius 1 is 1.38 bits per heavy atom. The molecule has 0 atom stereocenters. The topological polar surface area (TPSA) is 22.1 Å². The molecular formula is C13H18BrNO. The highest BCUT2D eigenvalue weighted by Crippen LogP contribution is 2.24. The van der Waals surface area contributed by atoms with Crippen LogP contribution in [0.2, 0.25) is 0 Å². The molecule has 0 unspecified atom stereocenters. The Labute approximate surface area is 106 Å².